The average Bonchev–Trinajstić information content (AvgIpc) is 2.87. The molecule has 4 rings (SSSR count). The molecule has 5 nitrogen and oxygen atoms in total. The molecule has 5 heteroatoms. The smallest absolute Gasteiger partial charge is 0.237 e. The van der Waals surface area contributed by atoms with E-state index >= 15 is 0 Å². The number of carbonyl (C=O) groups is 2. The topological polar surface area (TPSA) is 66.6 Å². The minimum absolute atomic E-state index is 0.106. The molecule has 2 aliphatic heterocycles. The second-order valence-corrected chi connectivity index (χ2v) is 8.30. The normalized spacial score (nSPS) is 27.7. The van der Waals surface area contributed by atoms with Gasteiger partial charge < -0.3 is 15.5 Å². The number of likely N-dealkylation sites (tertiary alicyclic amines) is 1. The van der Waals surface area contributed by atoms with Crippen molar-refractivity contribution in [2.75, 3.05) is 24.5 Å². The van der Waals surface area contributed by atoms with Gasteiger partial charge in [-0.1, -0.05) is 18.2 Å². The molecule has 2 N–H and O–H groups in total. The summed E-state index contributed by atoms with van der Waals surface area (Å²) in [5.74, 6) is 0.894. The van der Waals surface area contributed by atoms with E-state index in [0.717, 1.165) is 50.8 Å². The number of carbonyl (C=O) groups excluding carboxylic acids is 2. The number of fused-ring (bicyclic) bond motifs is 2. The molecule has 140 valence electrons. The maximum absolute atomic E-state index is 13.6. The number of nitrogens with zero attached hydrogens (tertiary/aromatic N) is 2. The first kappa shape index (κ1) is 17.5. The summed E-state index contributed by atoms with van der Waals surface area (Å²) in [6.07, 6.45) is 5.81. The highest BCUT2D eigenvalue weighted by Gasteiger charge is 2.52. The van der Waals surface area contributed by atoms with E-state index in [9.17, 15) is 9.59 Å². The summed E-state index contributed by atoms with van der Waals surface area (Å²) in [5, 5.41) is 0. The van der Waals surface area contributed by atoms with E-state index in [0.29, 0.717) is 25.0 Å². The van der Waals surface area contributed by atoms with Gasteiger partial charge in [-0.2, -0.15) is 0 Å². The van der Waals surface area contributed by atoms with Gasteiger partial charge >= 0.3 is 0 Å². The SMILES string of the molecule is CC(=O)N1CCC2(CC1)C(=O)N(CC1CCC(N)CC1)c1ccccc12. The minimum atomic E-state index is -0.437. The number of amides is 2. The molecule has 0 aromatic heterocycles. The van der Waals surface area contributed by atoms with Crippen molar-refractivity contribution in [1.82, 2.24) is 4.90 Å². The third-order valence-corrected chi connectivity index (χ3v) is 6.76. The fourth-order valence-corrected chi connectivity index (χ4v) is 5.09. The van der Waals surface area contributed by atoms with E-state index in [-0.39, 0.29) is 11.8 Å². The van der Waals surface area contributed by atoms with Crippen molar-refractivity contribution in [3.05, 3.63) is 29.8 Å². The Bertz CT molecular complexity index is 701. The van der Waals surface area contributed by atoms with Crippen molar-refractivity contribution < 1.29 is 9.59 Å². The predicted octanol–water partition coefficient (Wildman–Crippen LogP) is 2.43. The monoisotopic (exact) mass is 355 g/mol. The van der Waals surface area contributed by atoms with E-state index in [2.05, 4.69) is 12.1 Å². The summed E-state index contributed by atoms with van der Waals surface area (Å²) in [5.41, 5.74) is 7.86. The fraction of sp³-hybridized carbons (Fsp3) is 0.619. The third kappa shape index (κ3) is 2.82. The average molecular weight is 355 g/mol. The van der Waals surface area contributed by atoms with Crippen LogP contribution in [0.25, 0.3) is 0 Å². The van der Waals surface area contributed by atoms with Crippen LogP contribution in [0.3, 0.4) is 0 Å². The standard InChI is InChI=1S/C21H29N3O2/c1-15(25)23-12-10-21(11-13-23)18-4-2-3-5-19(18)24(20(21)26)14-16-6-8-17(22)9-7-16/h2-5,16-17H,6-14,22H2,1H3. The number of piperidine rings is 1. The van der Waals surface area contributed by atoms with Crippen molar-refractivity contribution in [3.63, 3.8) is 0 Å². The summed E-state index contributed by atoms with van der Waals surface area (Å²) in [6, 6.07) is 8.60. The van der Waals surface area contributed by atoms with Crippen molar-refractivity contribution >= 4 is 17.5 Å². The lowest BCUT2D eigenvalue weighted by Crippen LogP contribution is -2.50. The lowest BCUT2D eigenvalue weighted by Gasteiger charge is -2.38. The molecule has 2 fully saturated rings. The van der Waals surface area contributed by atoms with Crippen LogP contribution >= 0.6 is 0 Å². The van der Waals surface area contributed by atoms with E-state index in [1.807, 2.05) is 21.9 Å². The highest BCUT2D eigenvalue weighted by atomic mass is 16.2. The van der Waals surface area contributed by atoms with Crippen molar-refractivity contribution in [1.29, 1.82) is 0 Å². The van der Waals surface area contributed by atoms with Crippen LogP contribution in [0.4, 0.5) is 5.69 Å². The van der Waals surface area contributed by atoms with Crippen LogP contribution < -0.4 is 10.6 Å². The molecule has 2 amide bonds. The molecule has 0 unspecified atom stereocenters. The van der Waals surface area contributed by atoms with Gasteiger partial charge in [-0.3, -0.25) is 9.59 Å². The highest BCUT2D eigenvalue weighted by molar-refractivity contribution is 6.08. The number of para-hydroxylation sites is 1. The van der Waals surface area contributed by atoms with Crippen LogP contribution in [0.5, 0.6) is 0 Å². The predicted molar refractivity (Wildman–Crippen MR) is 102 cm³/mol. The molecule has 1 aliphatic carbocycles. The minimum Gasteiger partial charge on any atom is -0.343 e. The van der Waals surface area contributed by atoms with Crippen LogP contribution in [-0.4, -0.2) is 42.4 Å². The maximum atomic E-state index is 13.6. The number of hydrogen-bond acceptors (Lipinski definition) is 3. The van der Waals surface area contributed by atoms with E-state index in [1.165, 1.54) is 5.56 Å². The molecule has 1 saturated carbocycles. The third-order valence-electron chi connectivity index (χ3n) is 6.76. The van der Waals surface area contributed by atoms with E-state index < -0.39 is 5.41 Å². The summed E-state index contributed by atoms with van der Waals surface area (Å²) in [7, 11) is 0. The fourth-order valence-electron chi connectivity index (χ4n) is 5.09. The first-order chi connectivity index (χ1) is 12.5. The first-order valence-corrected chi connectivity index (χ1v) is 9.94. The summed E-state index contributed by atoms with van der Waals surface area (Å²) < 4.78 is 0. The van der Waals surface area contributed by atoms with Gasteiger partial charge in [0.25, 0.3) is 0 Å². The molecule has 1 aromatic rings. The molecule has 1 saturated heterocycles. The second-order valence-electron chi connectivity index (χ2n) is 8.30. The molecule has 2 heterocycles. The lowest BCUT2D eigenvalue weighted by atomic mass is 9.73. The zero-order valence-corrected chi connectivity index (χ0v) is 15.6. The van der Waals surface area contributed by atoms with Crippen LogP contribution in [0.2, 0.25) is 0 Å². The van der Waals surface area contributed by atoms with Gasteiger partial charge in [0.2, 0.25) is 11.8 Å². The Morgan fingerprint density at radius 2 is 1.81 bits per heavy atom. The number of rotatable bonds is 2. The summed E-state index contributed by atoms with van der Waals surface area (Å²) in [6.45, 7) is 3.76. The molecule has 1 spiro atoms. The Morgan fingerprint density at radius 3 is 2.46 bits per heavy atom. The first-order valence-electron chi connectivity index (χ1n) is 9.94. The van der Waals surface area contributed by atoms with Gasteiger partial charge in [0.05, 0.1) is 5.41 Å². The molecule has 26 heavy (non-hydrogen) atoms. The Hall–Kier alpha value is -1.88. The van der Waals surface area contributed by atoms with E-state index in [4.69, 9.17) is 5.73 Å². The number of benzene rings is 1. The molecule has 0 atom stereocenters. The van der Waals surface area contributed by atoms with Crippen molar-refractivity contribution in [2.45, 2.75) is 56.9 Å². The molecular formula is C21H29N3O2. The van der Waals surface area contributed by atoms with Gasteiger partial charge in [-0.25, -0.2) is 0 Å². The quantitative estimate of drug-likeness (QED) is 0.886. The summed E-state index contributed by atoms with van der Waals surface area (Å²) in [4.78, 5) is 29.2. The molecule has 0 radical (unpaired) electrons. The second kappa shape index (κ2) is 6.69. The Morgan fingerprint density at radius 1 is 1.15 bits per heavy atom. The Labute approximate surface area is 155 Å². The molecule has 3 aliphatic rings. The maximum Gasteiger partial charge on any atom is 0.237 e. The van der Waals surface area contributed by atoms with Crippen LogP contribution in [0, 0.1) is 5.92 Å². The molecule has 0 bridgehead atoms. The summed E-state index contributed by atoms with van der Waals surface area (Å²) >= 11 is 0. The van der Waals surface area contributed by atoms with Crippen LogP contribution in [0.1, 0.15) is 51.0 Å². The van der Waals surface area contributed by atoms with Crippen molar-refractivity contribution in [2.24, 2.45) is 11.7 Å². The molecular weight excluding hydrogens is 326 g/mol. The molecule has 1 aromatic carbocycles. The largest absolute Gasteiger partial charge is 0.343 e. The van der Waals surface area contributed by atoms with Gasteiger partial charge in [0.1, 0.15) is 0 Å². The Kier molecular flexibility index (Phi) is 4.51. The lowest BCUT2D eigenvalue weighted by molar-refractivity contribution is -0.133. The highest BCUT2D eigenvalue weighted by Crippen LogP contribution is 2.48. The van der Waals surface area contributed by atoms with Gasteiger partial charge in [-0.05, 0) is 56.1 Å². The van der Waals surface area contributed by atoms with Crippen molar-refractivity contribution in [3.8, 4) is 0 Å². The zero-order valence-electron chi connectivity index (χ0n) is 15.6. The van der Waals surface area contributed by atoms with Crippen LogP contribution in [-0.2, 0) is 15.0 Å². The number of hydrogen-bond donors (Lipinski definition) is 1. The van der Waals surface area contributed by atoms with E-state index in [1.54, 1.807) is 6.92 Å². The van der Waals surface area contributed by atoms with Gasteiger partial charge in [0, 0.05) is 38.3 Å². The van der Waals surface area contributed by atoms with Gasteiger partial charge in [0.15, 0.2) is 0 Å². The van der Waals surface area contributed by atoms with Gasteiger partial charge in [-0.15, -0.1) is 0 Å². The number of nitrogens with two attached hydrogens (primary N) is 1. The van der Waals surface area contributed by atoms with Crippen LogP contribution in [0.15, 0.2) is 24.3 Å². The number of anilines is 1. The Balaban J connectivity index is 1.58. The zero-order chi connectivity index (χ0) is 18.3.